The molecule has 62 valence electrons. The number of nitrogens with zero attached hydrogens (tertiary/aromatic N) is 2. The molecule has 0 saturated carbocycles. The number of hydrogen-bond acceptors (Lipinski definition) is 2. The highest BCUT2D eigenvalue weighted by Gasteiger charge is 2.03. The maximum absolute atomic E-state index is 5.63. The largest absolute Gasteiger partial charge is 0.397 e. The zero-order valence-electron chi connectivity index (χ0n) is 7.20. The Labute approximate surface area is 70.8 Å². The molecule has 3 nitrogen and oxygen atoms in total. The second-order valence-corrected chi connectivity index (χ2v) is 3.06. The number of nitrogen functional groups attached to an aromatic ring is 1. The van der Waals surface area contributed by atoms with Crippen LogP contribution in [0, 0.1) is 6.92 Å². The van der Waals surface area contributed by atoms with E-state index in [2.05, 4.69) is 18.1 Å². The van der Waals surface area contributed by atoms with Crippen LogP contribution >= 0.6 is 0 Å². The summed E-state index contributed by atoms with van der Waals surface area (Å²) < 4.78 is 2.00. The molecular formula is C9H11N3. The molecule has 0 unspecified atom stereocenters. The summed E-state index contributed by atoms with van der Waals surface area (Å²) in [4.78, 5) is 4.24. The number of nitrogens with two attached hydrogens (primary N) is 1. The summed E-state index contributed by atoms with van der Waals surface area (Å²) in [5.74, 6) is 0. The predicted molar refractivity (Wildman–Crippen MR) is 49.9 cm³/mol. The number of pyridine rings is 1. The average Bonchev–Trinajstić information content (AvgIpc) is 2.28. The van der Waals surface area contributed by atoms with Gasteiger partial charge in [0.15, 0.2) is 0 Å². The van der Waals surface area contributed by atoms with Gasteiger partial charge in [-0.15, -0.1) is 0 Å². The minimum atomic E-state index is 0.719. The fourth-order valence-corrected chi connectivity index (χ4v) is 1.47. The molecule has 2 heterocycles. The van der Waals surface area contributed by atoms with Crippen LogP contribution in [0.3, 0.4) is 0 Å². The minimum absolute atomic E-state index is 0.719. The molecule has 3 heteroatoms. The zero-order valence-corrected chi connectivity index (χ0v) is 7.20. The summed E-state index contributed by atoms with van der Waals surface area (Å²) in [6.45, 7) is 2.06. The lowest BCUT2D eigenvalue weighted by Crippen LogP contribution is -1.89. The monoisotopic (exact) mass is 161 g/mol. The lowest BCUT2D eigenvalue weighted by atomic mass is 10.2. The number of anilines is 1. The summed E-state index contributed by atoms with van der Waals surface area (Å²) in [6, 6.07) is 1.96. The first kappa shape index (κ1) is 7.16. The molecule has 0 radical (unpaired) electrons. The van der Waals surface area contributed by atoms with Crippen molar-refractivity contribution in [2.45, 2.75) is 6.92 Å². The Morgan fingerprint density at radius 3 is 3.00 bits per heavy atom. The highest BCUT2D eigenvalue weighted by Crippen LogP contribution is 2.19. The van der Waals surface area contributed by atoms with Gasteiger partial charge in [0.2, 0.25) is 0 Å². The van der Waals surface area contributed by atoms with Crippen LogP contribution in [-0.4, -0.2) is 9.55 Å². The van der Waals surface area contributed by atoms with E-state index in [4.69, 9.17) is 5.73 Å². The van der Waals surface area contributed by atoms with Gasteiger partial charge < -0.3 is 10.3 Å². The van der Waals surface area contributed by atoms with E-state index >= 15 is 0 Å². The van der Waals surface area contributed by atoms with Crippen molar-refractivity contribution in [1.29, 1.82) is 0 Å². The molecule has 2 aromatic rings. The number of aryl methyl sites for hydroxylation is 2. The van der Waals surface area contributed by atoms with Crippen molar-refractivity contribution in [3.05, 3.63) is 24.0 Å². The molecule has 0 aliphatic rings. The van der Waals surface area contributed by atoms with E-state index < -0.39 is 0 Å². The van der Waals surface area contributed by atoms with E-state index in [1.54, 1.807) is 6.20 Å². The molecule has 0 aromatic carbocycles. The molecule has 12 heavy (non-hydrogen) atoms. The van der Waals surface area contributed by atoms with Crippen LogP contribution in [0.5, 0.6) is 0 Å². The third-order valence-electron chi connectivity index (χ3n) is 2.03. The molecule has 0 aliphatic carbocycles. The van der Waals surface area contributed by atoms with E-state index in [1.807, 2.05) is 17.7 Å². The van der Waals surface area contributed by atoms with Gasteiger partial charge in [-0.2, -0.15) is 0 Å². The Morgan fingerprint density at radius 1 is 1.50 bits per heavy atom. The summed E-state index contributed by atoms with van der Waals surface area (Å²) in [6.07, 6.45) is 3.74. The van der Waals surface area contributed by atoms with Crippen LogP contribution in [0.15, 0.2) is 18.5 Å². The molecule has 0 bridgehead atoms. The van der Waals surface area contributed by atoms with Crippen molar-refractivity contribution in [3.63, 3.8) is 0 Å². The van der Waals surface area contributed by atoms with Crippen LogP contribution < -0.4 is 5.73 Å². The molecule has 2 N–H and O–H groups in total. The highest BCUT2D eigenvalue weighted by atomic mass is 15.0. The van der Waals surface area contributed by atoms with Crippen LogP contribution in [0.4, 0.5) is 5.69 Å². The van der Waals surface area contributed by atoms with Crippen LogP contribution in [0.1, 0.15) is 5.56 Å². The van der Waals surface area contributed by atoms with Gasteiger partial charge in [-0.3, -0.25) is 0 Å². The van der Waals surface area contributed by atoms with Crippen LogP contribution in [0.2, 0.25) is 0 Å². The highest BCUT2D eigenvalue weighted by molar-refractivity contribution is 5.82. The Balaban J connectivity index is 2.90. The molecule has 0 aliphatic heterocycles. The van der Waals surface area contributed by atoms with Gasteiger partial charge in [-0.1, -0.05) is 0 Å². The number of rotatable bonds is 0. The Kier molecular flexibility index (Phi) is 1.33. The summed E-state index contributed by atoms with van der Waals surface area (Å²) in [5, 5.41) is 1.14. The van der Waals surface area contributed by atoms with E-state index in [-0.39, 0.29) is 0 Å². The van der Waals surface area contributed by atoms with Crippen molar-refractivity contribution in [2.24, 2.45) is 7.05 Å². The SMILES string of the molecule is Cc1cn(C)c2ncc(N)cc12. The molecule has 0 saturated heterocycles. The fraction of sp³-hybridized carbons (Fsp3) is 0.222. The quantitative estimate of drug-likeness (QED) is 0.635. The van der Waals surface area contributed by atoms with E-state index in [0.717, 1.165) is 16.7 Å². The lowest BCUT2D eigenvalue weighted by molar-refractivity contribution is 0.944. The van der Waals surface area contributed by atoms with Crippen LogP contribution in [-0.2, 0) is 7.05 Å². The van der Waals surface area contributed by atoms with Crippen molar-refractivity contribution in [2.75, 3.05) is 5.73 Å². The summed E-state index contributed by atoms with van der Waals surface area (Å²) in [5.41, 5.74) is 8.55. The van der Waals surface area contributed by atoms with Crippen molar-refractivity contribution >= 4 is 16.7 Å². The van der Waals surface area contributed by atoms with Gasteiger partial charge in [0.1, 0.15) is 5.65 Å². The predicted octanol–water partition coefficient (Wildman–Crippen LogP) is 1.46. The molecule has 0 amide bonds. The minimum Gasteiger partial charge on any atom is -0.397 e. The Bertz CT molecular complexity index is 429. The molecule has 0 fully saturated rings. The van der Waals surface area contributed by atoms with Crippen LogP contribution in [0.25, 0.3) is 11.0 Å². The average molecular weight is 161 g/mol. The third-order valence-corrected chi connectivity index (χ3v) is 2.03. The van der Waals surface area contributed by atoms with Gasteiger partial charge in [0, 0.05) is 18.6 Å². The number of fused-ring (bicyclic) bond motifs is 1. The van der Waals surface area contributed by atoms with E-state index in [1.165, 1.54) is 5.56 Å². The van der Waals surface area contributed by atoms with Gasteiger partial charge in [0.25, 0.3) is 0 Å². The maximum atomic E-state index is 5.63. The van der Waals surface area contributed by atoms with Crippen molar-refractivity contribution in [1.82, 2.24) is 9.55 Å². The molecule has 2 aromatic heterocycles. The molecular weight excluding hydrogens is 150 g/mol. The Hall–Kier alpha value is -1.51. The number of aromatic nitrogens is 2. The standard InChI is InChI=1S/C9H11N3/c1-6-5-12(2)9-8(6)3-7(10)4-11-9/h3-5H,10H2,1-2H3. The zero-order chi connectivity index (χ0) is 8.72. The maximum Gasteiger partial charge on any atom is 0.140 e. The van der Waals surface area contributed by atoms with Gasteiger partial charge in [0.05, 0.1) is 11.9 Å². The van der Waals surface area contributed by atoms with Crippen molar-refractivity contribution < 1.29 is 0 Å². The fourth-order valence-electron chi connectivity index (χ4n) is 1.47. The van der Waals surface area contributed by atoms with Gasteiger partial charge in [-0.05, 0) is 18.6 Å². The molecule has 0 spiro atoms. The van der Waals surface area contributed by atoms with Crippen molar-refractivity contribution in [3.8, 4) is 0 Å². The number of hydrogen-bond donors (Lipinski definition) is 1. The molecule has 2 rings (SSSR count). The normalized spacial score (nSPS) is 10.8. The lowest BCUT2D eigenvalue weighted by Gasteiger charge is -1.95. The second-order valence-electron chi connectivity index (χ2n) is 3.06. The first-order valence-corrected chi connectivity index (χ1v) is 3.85. The second kappa shape index (κ2) is 2.24. The smallest absolute Gasteiger partial charge is 0.140 e. The summed E-state index contributed by atoms with van der Waals surface area (Å²) >= 11 is 0. The van der Waals surface area contributed by atoms with Gasteiger partial charge >= 0.3 is 0 Å². The van der Waals surface area contributed by atoms with Gasteiger partial charge in [-0.25, -0.2) is 4.98 Å². The summed E-state index contributed by atoms with van der Waals surface area (Å²) in [7, 11) is 1.98. The first-order chi connectivity index (χ1) is 5.68. The molecule has 0 atom stereocenters. The first-order valence-electron chi connectivity index (χ1n) is 3.85. The van der Waals surface area contributed by atoms with E-state index in [0.29, 0.717) is 0 Å². The topological polar surface area (TPSA) is 43.8 Å². The third kappa shape index (κ3) is 0.863. The van der Waals surface area contributed by atoms with E-state index in [9.17, 15) is 0 Å². The Morgan fingerprint density at radius 2 is 2.25 bits per heavy atom.